The van der Waals surface area contributed by atoms with E-state index in [1.54, 1.807) is 11.3 Å². The van der Waals surface area contributed by atoms with Gasteiger partial charge in [0.05, 0.1) is 11.6 Å². The van der Waals surface area contributed by atoms with Gasteiger partial charge in [-0.15, -0.1) is 41.7 Å². The van der Waals surface area contributed by atoms with Crippen molar-refractivity contribution in [2.24, 2.45) is 4.99 Å². The normalized spacial score (nSPS) is 10.5. The van der Waals surface area contributed by atoms with Gasteiger partial charge in [-0.05, 0) is 13.3 Å². The Morgan fingerprint density at radius 1 is 1.47 bits per heavy atom. The number of aryl methyl sites for hydroxylation is 1. The molecule has 0 saturated carbocycles. The van der Waals surface area contributed by atoms with E-state index < -0.39 is 0 Å². The molecule has 0 radical (unpaired) electrons. The molecule has 0 bridgehead atoms. The summed E-state index contributed by atoms with van der Waals surface area (Å²) in [4.78, 5) is 10.1. The van der Waals surface area contributed by atoms with E-state index in [2.05, 4.69) is 33.5 Å². The number of halogens is 1. The summed E-state index contributed by atoms with van der Waals surface area (Å²) in [6.07, 6.45) is 9.08. The van der Waals surface area contributed by atoms with Gasteiger partial charge in [-0.25, -0.2) is 4.98 Å². The maximum absolute atomic E-state index is 5.21. The van der Waals surface area contributed by atoms with Crippen LogP contribution >= 0.6 is 35.3 Å². The summed E-state index contributed by atoms with van der Waals surface area (Å²) in [6.45, 7) is 6.21. The topological polar surface area (TPSA) is 49.3 Å². The Kier molecular flexibility index (Phi) is 10.6. The predicted molar refractivity (Wildman–Crippen MR) is 93.4 cm³/mol. The summed E-state index contributed by atoms with van der Waals surface area (Å²) in [5.74, 6) is 3.30. The van der Waals surface area contributed by atoms with Crippen LogP contribution in [0.1, 0.15) is 23.7 Å². The van der Waals surface area contributed by atoms with E-state index in [-0.39, 0.29) is 24.0 Å². The number of hydrogen-bond donors (Lipinski definition) is 2. The predicted octanol–water partition coefficient (Wildman–Crippen LogP) is 2.05. The molecule has 0 aromatic carbocycles. The molecule has 1 aromatic heterocycles. The fraction of sp³-hybridized carbons (Fsp3) is 0.538. The largest absolute Gasteiger partial charge is 0.357 e. The minimum atomic E-state index is 0. The molecule has 0 aliphatic heterocycles. The van der Waals surface area contributed by atoms with Gasteiger partial charge in [-0.3, -0.25) is 4.99 Å². The van der Waals surface area contributed by atoms with Crippen LogP contribution in [0.3, 0.4) is 0 Å². The van der Waals surface area contributed by atoms with Crippen LogP contribution in [-0.2, 0) is 12.8 Å². The molecule has 0 fully saturated rings. The van der Waals surface area contributed by atoms with Crippen LogP contribution in [0.5, 0.6) is 0 Å². The Morgan fingerprint density at radius 2 is 2.26 bits per heavy atom. The Hall–Kier alpha value is -0.810. The van der Waals surface area contributed by atoms with Gasteiger partial charge in [0.25, 0.3) is 0 Å². The van der Waals surface area contributed by atoms with Crippen LogP contribution in [-0.4, -0.2) is 30.6 Å². The summed E-state index contributed by atoms with van der Waals surface area (Å²) >= 11 is 1.76. The zero-order valence-electron chi connectivity index (χ0n) is 11.4. The molecule has 0 aliphatic carbocycles. The smallest absolute Gasteiger partial charge is 0.192 e. The number of nitrogens with one attached hydrogen (secondary N) is 2. The Labute approximate surface area is 136 Å². The molecular weight excluding hydrogens is 371 g/mol. The van der Waals surface area contributed by atoms with E-state index in [1.165, 1.54) is 4.88 Å². The number of hydrogen-bond acceptors (Lipinski definition) is 3. The van der Waals surface area contributed by atoms with Gasteiger partial charge >= 0.3 is 0 Å². The van der Waals surface area contributed by atoms with Crippen molar-refractivity contribution in [3.63, 3.8) is 0 Å². The molecule has 19 heavy (non-hydrogen) atoms. The number of guanidine groups is 1. The van der Waals surface area contributed by atoms with Crippen LogP contribution in [0.15, 0.2) is 11.2 Å². The lowest BCUT2D eigenvalue weighted by atomic mass is 10.4. The lowest BCUT2D eigenvalue weighted by Gasteiger charge is -2.08. The first-order valence-electron chi connectivity index (χ1n) is 6.19. The van der Waals surface area contributed by atoms with Gasteiger partial charge in [0.2, 0.25) is 0 Å². The van der Waals surface area contributed by atoms with E-state index in [9.17, 15) is 0 Å². The summed E-state index contributed by atoms with van der Waals surface area (Å²) in [6, 6.07) is 0. The van der Waals surface area contributed by atoms with Crippen molar-refractivity contribution >= 4 is 41.3 Å². The molecule has 0 atom stereocenters. The maximum atomic E-state index is 5.21. The summed E-state index contributed by atoms with van der Waals surface area (Å²) < 4.78 is 0. The molecule has 0 spiro atoms. The quantitative estimate of drug-likeness (QED) is 0.337. The van der Waals surface area contributed by atoms with Crippen molar-refractivity contribution in [2.45, 2.75) is 26.7 Å². The first-order valence-corrected chi connectivity index (χ1v) is 7.01. The average molecular weight is 392 g/mol. The second-order valence-corrected chi connectivity index (χ2v) is 4.84. The minimum Gasteiger partial charge on any atom is -0.357 e. The highest BCUT2D eigenvalue weighted by molar-refractivity contribution is 14.0. The number of terminal acetylenes is 1. The van der Waals surface area contributed by atoms with Crippen molar-refractivity contribution in [3.8, 4) is 12.3 Å². The van der Waals surface area contributed by atoms with Crippen LogP contribution in [0.2, 0.25) is 0 Å². The molecule has 1 rings (SSSR count). The van der Waals surface area contributed by atoms with E-state index >= 15 is 0 Å². The fourth-order valence-electron chi connectivity index (χ4n) is 1.37. The molecular formula is C13H21IN4S. The molecule has 1 heterocycles. The second kappa shape index (κ2) is 11.1. The van der Waals surface area contributed by atoms with Gasteiger partial charge in [0.1, 0.15) is 0 Å². The zero-order valence-corrected chi connectivity index (χ0v) is 14.5. The number of aliphatic imine (C=N–C) groups is 1. The summed E-state index contributed by atoms with van der Waals surface area (Å²) in [5, 5.41) is 7.35. The fourth-order valence-corrected chi connectivity index (χ4v) is 2.22. The van der Waals surface area contributed by atoms with Crippen molar-refractivity contribution in [1.82, 2.24) is 15.6 Å². The van der Waals surface area contributed by atoms with E-state index in [0.29, 0.717) is 6.54 Å². The monoisotopic (exact) mass is 392 g/mol. The molecule has 4 nitrogen and oxygen atoms in total. The van der Waals surface area contributed by atoms with E-state index in [0.717, 1.165) is 36.9 Å². The third kappa shape index (κ3) is 7.38. The molecule has 0 aliphatic rings. The second-order valence-electron chi connectivity index (χ2n) is 3.64. The highest BCUT2D eigenvalue weighted by Gasteiger charge is 2.00. The molecule has 0 saturated heterocycles. The maximum Gasteiger partial charge on any atom is 0.192 e. The first kappa shape index (κ1) is 18.2. The SMILES string of the molecule is C#CCNC(=NCCc1ncc(CC)s1)NCC.I. The Bertz CT molecular complexity index is 423. The standard InChI is InChI=1S/C13H20N4S.HI/c1-4-8-15-13(14-6-3)16-9-7-12-17-10-11(5-2)18-12;/h1,10H,5-9H2,2-3H3,(H2,14,15,16);1H. The number of thiazole rings is 1. The van der Waals surface area contributed by atoms with E-state index in [1.807, 2.05) is 13.1 Å². The average Bonchev–Trinajstić information content (AvgIpc) is 2.84. The van der Waals surface area contributed by atoms with Crippen molar-refractivity contribution in [2.75, 3.05) is 19.6 Å². The molecule has 0 amide bonds. The third-order valence-electron chi connectivity index (χ3n) is 2.25. The summed E-state index contributed by atoms with van der Waals surface area (Å²) in [7, 11) is 0. The number of rotatable bonds is 6. The van der Waals surface area contributed by atoms with Crippen LogP contribution in [0, 0.1) is 12.3 Å². The highest BCUT2D eigenvalue weighted by atomic mass is 127. The van der Waals surface area contributed by atoms with Gasteiger partial charge in [0.15, 0.2) is 5.96 Å². The molecule has 1 aromatic rings. The molecule has 106 valence electrons. The van der Waals surface area contributed by atoms with Gasteiger partial charge in [-0.2, -0.15) is 0 Å². The highest BCUT2D eigenvalue weighted by Crippen LogP contribution is 2.13. The third-order valence-corrected chi connectivity index (χ3v) is 3.45. The van der Waals surface area contributed by atoms with Crippen LogP contribution < -0.4 is 10.6 Å². The van der Waals surface area contributed by atoms with Gasteiger partial charge in [-0.1, -0.05) is 12.8 Å². The molecule has 2 N–H and O–H groups in total. The molecule has 0 unspecified atom stereocenters. The number of nitrogens with zero attached hydrogens (tertiary/aromatic N) is 2. The number of aromatic nitrogens is 1. The molecule has 6 heteroatoms. The van der Waals surface area contributed by atoms with Crippen molar-refractivity contribution in [3.05, 3.63) is 16.1 Å². The van der Waals surface area contributed by atoms with E-state index in [4.69, 9.17) is 6.42 Å². The summed E-state index contributed by atoms with van der Waals surface area (Å²) in [5.41, 5.74) is 0. The minimum absolute atomic E-state index is 0. The van der Waals surface area contributed by atoms with Crippen LogP contribution in [0.4, 0.5) is 0 Å². The lowest BCUT2D eigenvalue weighted by molar-refractivity contribution is 0.853. The van der Waals surface area contributed by atoms with Crippen molar-refractivity contribution in [1.29, 1.82) is 0 Å². The van der Waals surface area contributed by atoms with Crippen LogP contribution in [0.25, 0.3) is 0 Å². The van der Waals surface area contributed by atoms with Gasteiger partial charge < -0.3 is 10.6 Å². The van der Waals surface area contributed by atoms with Gasteiger partial charge in [0, 0.05) is 30.6 Å². The van der Waals surface area contributed by atoms with Crippen molar-refractivity contribution < 1.29 is 0 Å². The Morgan fingerprint density at radius 3 is 2.84 bits per heavy atom. The zero-order chi connectivity index (χ0) is 13.2. The lowest BCUT2D eigenvalue weighted by Crippen LogP contribution is -2.37. The first-order chi connectivity index (χ1) is 8.80. The Balaban J connectivity index is 0.00000324.